The second-order valence-electron chi connectivity index (χ2n) is 3.12. The van der Waals surface area contributed by atoms with Crippen LogP contribution in [0.2, 0.25) is 0 Å². The maximum atomic E-state index is 11.2. The summed E-state index contributed by atoms with van der Waals surface area (Å²) in [6.45, 7) is 0.526. The number of imidazole rings is 1. The lowest BCUT2D eigenvalue weighted by molar-refractivity contribution is 0.0594. The Morgan fingerprint density at radius 3 is 3.00 bits per heavy atom. The molecular weight excluding hydrogens is 208 g/mol. The quantitative estimate of drug-likeness (QED) is 0.702. The smallest absolute Gasteiger partial charge is 0.358 e. The van der Waals surface area contributed by atoms with Gasteiger partial charge < -0.3 is 9.30 Å². The van der Waals surface area contributed by atoms with Crippen LogP contribution in [0.1, 0.15) is 16.2 Å². The number of rotatable bonds is 3. The zero-order valence-corrected chi connectivity index (χ0v) is 8.70. The number of carbonyl (C=O) groups excluding carboxylic acids is 1. The van der Waals surface area contributed by atoms with Gasteiger partial charge in [-0.15, -0.1) is 0 Å². The Morgan fingerprint density at radius 2 is 2.31 bits per heavy atom. The Bertz CT molecular complexity index is 481. The molecule has 16 heavy (non-hydrogen) atoms. The first kappa shape index (κ1) is 10.3. The van der Waals surface area contributed by atoms with Gasteiger partial charge in [0, 0.05) is 18.6 Å². The molecule has 0 spiro atoms. The molecule has 2 rings (SSSR count). The Morgan fingerprint density at radius 1 is 1.44 bits per heavy atom. The fourth-order valence-corrected chi connectivity index (χ4v) is 1.26. The first-order valence-corrected chi connectivity index (χ1v) is 4.64. The van der Waals surface area contributed by atoms with Crippen molar-refractivity contribution in [3.63, 3.8) is 0 Å². The normalized spacial score (nSPS) is 10.1. The van der Waals surface area contributed by atoms with E-state index in [1.807, 2.05) is 0 Å². The molecule has 6 nitrogen and oxygen atoms in total. The van der Waals surface area contributed by atoms with Gasteiger partial charge in [0.2, 0.25) is 0 Å². The van der Waals surface area contributed by atoms with Crippen molar-refractivity contribution in [3.8, 4) is 0 Å². The molecule has 0 aromatic carbocycles. The van der Waals surface area contributed by atoms with Crippen molar-refractivity contribution < 1.29 is 9.53 Å². The highest BCUT2D eigenvalue weighted by atomic mass is 16.5. The fraction of sp³-hybridized carbons (Fsp3) is 0.200. The molecule has 82 valence electrons. The van der Waals surface area contributed by atoms with Crippen molar-refractivity contribution in [2.24, 2.45) is 0 Å². The minimum atomic E-state index is -0.446. The van der Waals surface area contributed by atoms with Gasteiger partial charge in [0.15, 0.2) is 5.69 Å². The van der Waals surface area contributed by atoms with Crippen LogP contribution in [0, 0.1) is 0 Å². The third-order valence-electron chi connectivity index (χ3n) is 1.99. The number of ether oxygens (including phenoxy) is 1. The summed E-state index contributed by atoms with van der Waals surface area (Å²) in [5, 5.41) is 0. The molecule has 0 aliphatic heterocycles. The Balaban J connectivity index is 2.12. The third kappa shape index (κ3) is 2.22. The minimum Gasteiger partial charge on any atom is -0.464 e. The van der Waals surface area contributed by atoms with E-state index in [0.717, 1.165) is 5.69 Å². The molecule has 6 heteroatoms. The summed E-state index contributed by atoms with van der Waals surface area (Å²) in [5.74, 6) is -0.446. The minimum absolute atomic E-state index is 0.284. The number of methoxy groups -OCH3 is 1. The summed E-state index contributed by atoms with van der Waals surface area (Å²) in [7, 11) is 1.32. The molecule has 0 amide bonds. The average Bonchev–Trinajstić information content (AvgIpc) is 2.78. The van der Waals surface area contributed by atoms with E-state index in [1.54, 1.807) is 35.7 Å². The molecule has 0 aliphatic rings. The highest BCUT2D eigenvalue weighted by Gasteiger charge is 2.08. The average molecular weight is 218 g/mol. The summed E-state index contributed by atoms with van der Waals surface area (Å²) in [4.78, 5) is 23.1. The first-order valence-electron chi connectivity index (χ1n) is 4.64. The number of hydrogen-bond acceptors (Lipinski definition) is 5. The summed E-state index contributed by atoms with van der Waals surface area (Å²) in [6.07, 6.45) is 8.06. The van der Waals surface area contributed by atoms with E-state index in [1.165, 1.54) is 7.11 Å². The van der Waals surface area contributed by atoms with E-state index in [-0.39, 0.29) is 5.69 Å². The van der Waals surface area contributed by atoms with Gasteiger partial charge in [-0.05, 0) is 0 Å². The van der Waals surface area contributed by atoms with Gasteiger partial charge in [-0.25, -0.2) is 9.78 Å². The Labute approximate surface area is 91.9 Å². The molecule has 0 saturated carbocycles. The molecule has 0 bridgehead atoms. The van der Waals surface area contributed by atoms with Crippen LogP contribution in [-0.2, 0) is 11.3 Å². The van der Waals surface area contributed by atoms with Crippen LogP contribution in [-0.4, -0.2) is 32.6 Å². The standard InChI is InChI=1S/C10H10N4O2/c1-16-10(15)9-6-14(7-13-9)5-8-4-11-2-3-12-8/h2-4,6-7H,5H2,1H3. The second kappa shape index (κ2) is 4.52. The number of carbonyl (C=O) groups is 1. The highest BCUT2D eigenvalue weighted by Crippen LogP contribution is 2.01. The van der Waals surface area contributed by atoms with E-state index in [4.69, 9.17) is 0 Å². The molecule has 2 aromatic rings. The SMILES string of the molecule is COC(=O)c1cn(Cc2cnccn2)cn1. The van der Waals surface area contributed by atoms with Crippen LogP contribution in [0.25, 0.3) is 0 Å². The second-order valence-corrected chi connectivity index (χ2v) is 3.12. The largest absolute Gasteiger partial charge is 0.464 e. The maximum absolute atomic E-state index is 11.2. The van der Waals surface area contributed by atoms with Crippen molar-refractivity contribution in [2.75, 3.05) is 7.11 Å². The van der Waals surface area contributed by atoms with Gasteiger partial charge in [0.1, 0.15) is 0 Å². The molecule has 0 saturated heterocycles. The molecule has 0 radical (unpaired) electrons. The third-order valence-corrected chi connectivity index (χ3v) is 1.99. The molecule has 2 heterocycles. The van der Waals surface area contributed by atoms with Crippen LogP contribution in [0.4, 0.5) is 0 Å². The number of esters is 1. The predicted molar refractivity (Wildman–Crippen MR) is 54.7 cm³/mol. The Hall–Kier alpha value is -2.24. The van der Waals surface area contributed by atoms with E-state index in [9.17, 15) is 4.79 Å². The summed E-state index contributed by atoms with van der Waals surface area (Å²) in [5.41, 5.74) is 1.09. The molecule has 0 fully saturated rings. The van der Waals surface area contributed by atoms with Crippen LogP contribution in [0.15, 0.2) is 31.1 Å². The van der Waals surface area contributed by atoms with Gasteiger partial charge in [-0.1, -0.05) is 0 Å². The first-order chi connectivity index (χ1) is 7.79. The molecule has 0 atom stereocenters. The van der Waals surface area contributed by atoms with Crippen LogP contribution < -0.4 is 0 Å². The summed E-state index contributed by atoms with van der Waals surface area (Å²) < 4.78 is 6.30. The molecule has 2 aromatic heterocycles. The summed E-state index contributed by atoms with van der Waals surface area (Å²) >= 11 is 0. The summed E-state index contributed by atoms with van der Waals surface area (Å²) in [6, 6.07) is 0. The number of nitrogens with zero attached hydrogens (tertiary/aromatic N) is 4. The van der Waals surface area contributed by atoms with Crippen molar-refractivity contribution in [2.45, 2.75) is 6.54 Å². The van der Waals surface area contributed by atoms with E-state index in [2.05, 4.69) is 19.7 Å². The van der Waals surface area contributed by atoms with Crippen LogP contribution >= 0.6 is 0 Å². The Kier molecular flexibility index (Phi) is 2.90. The number of aromatic nitrogens is 4. The van der Waals surface area contributed by atoms with Crippen molar-refractivity contribution in [1.82, 2.24) is 19.5 Å². The van der Waals surface area contributed by atoms with Gasteiger partial charge in [0.25, 0.3) is 0 Å². The molecule has 0 aliphatic carbocycles. The fourth-order valence-electron chi connectivity index (χ4n) is 1.26. The monoisotopic (exact) mass is 218 g/mol. The van der Waals surface area contributed by atoms with Crippen LogP contribution in [0.5, 0.6) is 0 Å². The van der Waals surface area contributed by atoms with E-state index < -0.39 is 5.97 Å². The number of hydrogen-bond donors (Lipinski definition) is 0. The van der Waals surface area contributed by atoms with Gasteiger partial charge in [-0.3, -0.25) is 9.97 Å². The van der Waals surface area contributed by atoms with Crippen molar-refractivity contribution >= 4 is 5.97 Å². The zero-order valence-electron chi connectivity index (χ0n) is 8.70. The molecular formula is C10H10N4O2. The lowest BCUT2D eigenvalue weighted by Crippen LogP contribution is -2.02. The maximum Gasteiger partial charge on any atom is 0.358 e. The van der Waals surface area contributed by atoms with Gasteiger partial charge >= 0.3 is 5.97 Å². The highest BCUT2D eigenvalue weighted by molar-refractivity contribution is 5.86. The van der Waals surface area contributed by atoms with Gasteiger partial charge in [-0.2, -0.15) is 0 Å². The molecule has 0 N–H and O–H groups in total. The van der Waals surface area contributed by atoms with Crippen molar-refractivity contribution in [1.29, 1.82) is 0 Å². The van der Waals surface area contributed by atoms with Gasteiger partial charge in [0.05, 0.1) is 31.9 Å². The van der Waals surface area contributed by atoms with Crippen LogP contribution in [0.3, 0.4) is 0 Å². The lowest BCUT2D eigenvalue weighted by atomic mass is 10.4. The van der Waals surface area contributed by atoms with E-state index >= 15 is 0 Å². The predicted octanol–water partition coefficient (Wildman–Crippen LogP) is 0.508. The van der Waals surface area contributed by atoms with E-state index in [0.29, 0.717) is 6.54 Å². The topological polar surface area (TPSA) is 69.9 Å². The molecule has 0 unspecified atom stereocenters. The lowest BCUT2D eigenvalue weighted by Gasteiger charge is -1.99. The van der Waals surface area contributed by atoms with Crippen molar-refractivity contribution in [3.05, 3.63) is 42.5 Å². The zero-order chi connectivity index (χ0) is 11.4.